The van der Waals surface area contributed by atoms with Crippen molar-refractivity contribution in [3.05, 3.63) is 70.5 Å². The van der Waals surface area contributed by atoms with Gasteiger partial charge in [0.25, 0.3) is 0 Å². The molecule has 164 valence electrons. The van der Waals surface area contributed by atoms with Crippen LogP contribution in [0.15, 0.2) is 53.6 Å². The first-order valence-corrected chi connectivity index (χ1v) is 11.1. The van der Waals surface area contributed by atoms with Crippen molar-refractivity contribution >= 4 is 23.3 Å². The molecule has 0 aliphatic carbocycles. The minimum atomic E-state index is -0.382. The molecule has 1 fully saturated rings. The number of amides is 2. The summed E-state index contributed by atoms with van der Waals surface area (Å²) in [5.74, 6) is -0.382. The number of hydrogen-bond donors (Lipinski definition) is 0. The second kappa shape index (κ2) is 9.37. The largest absolute Gasteiger partial charge is 0.341 e. The number of carbonyl (C=O) groups excluding carboxylic acids is 1. The van der Waals surface area contributed by atoms with Gasteiger partial charge < -0.3 is 9.80 Å². The predicted octanol–water partition coefficient (Wildman–Crippen LogP) is 5.17. The number of urea groups is 1. The number of nitrogens with zero attached hydrogens (tertiary/aromatic N) is 4. The van der Waals surface area contributed by atoms with Crippen molar-refractivity contribution in [2.45, 2.75) is 37.8 Å². The molecule has 0 radical (unpaired) electrons. The van der Waals surface area contributed by atoms with Gasteiger partial charge in [0.15, 0.2) is 0 Å². The monoisotopic (exact) mass is 442 g/mol. The Balaban J connectivity index is 1.69. The second-order valence-corrected chi connectivity index (χ2v) is 8.97. The first kappa shape index (κ1) is 21.8. The molecular formula is C24H28ClFN4O. The van der Waals surface area contributed by atoms with Gasteiger partial charge in [-0.1, -0.05) is 41.9 Å². The summed E-state index contributed by atoms with van der Waals surface area (Å²) in [6, 6.07) is 14.0. The third-order valence-corrected chi connectivity index (χ3v) is 6.21. The minimum absolute atomic E-state index is 0.113. The fourth-order valence-electron chi connectivity index (χ4n) is 4.50. The molecule has 5 nitrogen and oxygen atoms in total. The standard InChI is InChI=1S/C24H28ClFN4O/c1-28(2)16-19-10-6-7-13-29(19)24(31)30-23(17-8-4-3-5-9-17)15-22(27-30)20-14-18(25)11-12-21(20)26/h3-5,8-9,11-12,14,19,23H,6-7,10,13,15-16H2,1-2H3. The summed E-state index contributed by atoms with van der Waals surface area (Å²) < 4.78 is 14.6. The fourth-order valence-corrected chi connectivity index (χ4v) is 4.67. The third kappa shape index (κ3) is 4.75. The third-order valence-electron chi connectivity index (χ3n) is 5.98. The molecule has 0 bridgehead atoms. The molecule has 2 aliphatic rings. The molecule has 0 saturated carbocycles. The molecule has 2 atom stereocenters. The lowest BCUT2D eigenvalue weighted by molar-refractivity contribution is 0.0962. The van der Waals surface area contributed by atoms with E-state index in [-0.39, 0.29) is 23.9 Å². The lowest BCUT2D eigenvalue weighted by atomic mass is 9.98. The molecule has 2 unspecified atom stereocenters. The Hall–Kier alpha value is -2.44. The SMILES string of the molecule is CN(C)CC1CCCCN1C(=O)N1N=C(c2cc(Cl)ccc2F)CC1c1ccccc1. The molecule has 7 heteroatoms. The quantitative estimate of drug-likeness (QED) is 0.655. The Morgan fingerprint density at radius 2 is 1.97 bits per heavy atom. The first-order valence-electron chi connectivity index (χ1n) is 10.8. The highest BCUT2D eigenvalue weighted by Gasteiger charge is 2.38. The van der Waals surface area contributed by atoms with Crippen LogP contribution in [-0.2, 0) is 0 Å². The van der Waals surface area contributed by atoms with E-state index in [4.69, 9.17) is 11.6 Å². The van der Waals surface area contributed by atoms with Crippen LogP contribution in [-0.4, -0.2) is 59.8 Å². The molecule has 0 aromatic heterocycles. The molecule has 2 aliphatic heterocycles. The van der Waals surface area contributed by atoms with Gasteiger partial charge in [0, 0.05) is 36.1 Å². The van der Waals surface area contributed by atoms with E-state index in [9.17, 15) is 9.18 Å². The van der Waals surface area contributed by atoms with Crippen molar-refractivity contribution in [2.24, 2.45) is 5.10 Å². The number of likely N-dealkylation sites (tertiary alicyclic amines) is 1. The van der Waals surface area contributed by atoms with E-state index in [2.05, 4.69) is 10.0 Å². The maximum Gasteiger partial charge on any atom is 0.341 e. The lowest BCUT2D eigenvalue weighted by Gasteiger charge is -2.39. The van der Waals surface area contributed by atoms with Crippen LogP contribution in [0.4, 0.5) is 9.18 Å². The van der Waals surface area contributed by atoms with Crippen LogP contribution in [0, 0.1) is 5.82 Å². The summed E-state index contributed by atoms with van der Waals surface area (Å²) >= 11 is 6.12. The molecule has 0 N–H and O–H groups in total. The van der Waals surface area contributed by atoms with Gasteiger partial charge in [-0.25, -0.2) is 14.2 Å². The topological polar surface area (TPSA) is 39.1 Å². The average Bonchev–Trinajstić information content (AvgIpc) is 3.21. The van der Waals surface area contributed by atoms with Crippen molar-refractivity contribution in [3.63, 3.8) is 0 Å². The normalized spacial score (nSPS) is 21.5. The van der Waals surface area contributed by atoms with Gasteiger partial charge in [-0.15, -0.1) is 0 Å². The number of piperidine rings is 1. The highest BCUT2D eigenvalue weighted by Crippen LogP contribution is 2.35. The molecule has 1 saturated heterocycles. The van der Waals surface area contributed by atoms with Crippen molar-refractivity contribution in [1.29, 1.82) is 0 Å². The number of benzene rings is 2. The van der Waals surface area contributed by atoms with Crippen molar-refractivity contribution < 1.29 is 9.18 Å². The van der Waals surface area contributed by atoms with Crippen molar-refractivity contribution in [1.82, 2.24) is 14.8 Å². The van der Waals surface area contributed by atoms with Crippen LogP contribution in [0.5, 0.6) is 0 Å². The Kier molecular flexibility index (Phi) is 6.58. The number of carbonyl (C=O) groups is 1. The van der Waals surface area contributed by atoms with Crippen LogP contribution in [0.3, 0.4) is 0 Å². The van der Waals surface area contributed by atoms with Gasteiger partial charge in [-0.2, -0.15) is 5.10 Å². The molecule has 0 spiro atoms. The van der Waals surface area contributed by atoms with E-state index >= 15 is 0 Å². The first-order chi connectivity index (χ1) is 14.9. The molecule has 2 amide bonds. The molecular weight excluding hydrogens is 415 g/mol. The van der Waals surface area contributed by atoms with Gasteiger partial charge in [0.05, 0.1) is 11.8 Å². The summed E-state index contributed by atoms with van der Waals surface area (Å²) in [5.41, 5.74) is 1.88. The smallest absolute Gasteiger partial charge is 0.319 e. The van der Waals surface area contributed by atoms with E-state index in [0.29, 0.717) is 29.3 Å². The summed E-state index contributed by atoms with van der Waals surface area (Å²) in [6.45, 7) is 1.53. The highest BCUT2D eigenvalue weighted by molar-refractivity contribution is 6.31. The Morgan fingerprint density at radius 3 is 2.71 bits per heavy atom. The molecule has 31 heavy (non-hydrogen) atoms. The Bertz CT molecular complexity index is 965. The van der Waals surface area contributed by atoms with Crippen LogP contribution < -0.4 is 0 Å². The zero-order valence-electron chi connectivity index (χ0n) is 18.0. The van der Waals surface area contributed by atoms with Gasteiger partial charge in [-0.05, 0) is 57.1 Å². The zero-order chi connectivity index (χ0) is 22.0. The van der Waals surface area contributed by atoms with Gasteiger partial charge in [0.2, 0.25) is 0 Å². The number of likely N-dealkylation sites (N-methyl/N-ethyl adjacent to an activating group) is 1. The molecule has 2 heterocycles. The fraction of sp³-hybridized carbons (Fsp3) is 0.417. The number of hydrazone groups is 1. The summed E-state index contributed by atoms with van der Waals surface area (Å²) in [5, 5.41) is 6.65. The minimum Gasteiger partial charge on any atom is -0.319 e. The van der Waals surface area contributed by atoms with Crippen molar-refractivity contribution in [3.8, 4) is 0 Å². The summed E-state index contributed by atoms with van der Waals surface area (Å²) in [7, 11) is 4.05. The zero-order valence-corrected chi connectivity index (χ0v) is 18.7. The molecule has 2 aromatic carbocycles. The van der Waals surface area contributed by atoms with Gasteiger partial charge in [-0.3, -0.25) is 0 Å². The maximum atomic E-state index is 14.6. The number of halogens is 2. The van der Waals surface area contributed by atoms with E-state index in [1.807, 2.05) is 49.3 Å². The van der Waals surface area contributed by atoms with Gasteiger partial charge >= 0.3 is 6.03 Å². The highest BCUT2D eigenvalue weighted by atomic mass is 35.5. The van der Waals surface area contributed by atoms with E-state index < -0.39 is 0 Å². The number of rotatable bonds is 4. The average molecular weight is 443 g/mol. The van der Waals surface area contributed by atoms with E-state index in [0.717, 1.165) is 31.4 Å². The second-order valence-electron chi connectivity index (χ2n) is 8.53. The molecule has 2 aromatic rings. The summed E-state index contributed by atoms with van der Waals surface area (Å²) in [6.07, 6.45) is 3.53. The van der Waals surface area contributed by atoms with E-state index in [1.165, 1.54) is 12.1 Å². The number of hydrogen-bond acceptors (Lipinski definition) is 3. The Labute approximate surface area is 188 Å². The van der Waals surface area contributed by atoms with Crippen LogP contribution >= 0.6 is 11.6 Å². The van der Waals surface area contributed by atoms with Crippen molar-refractivity contribution in [2.75, 3.05) is 27.2 Å². The van der Waals surface area contributed by atoms with Crippen LogP contribution in [0.2, 0.25) is 5.02 Å². The predicted molar refractivity (Wildman–Crippen MR) is 122 cm³/mol. The molecule has 4 rings (SSSR count). The van der Waals surface area contributed by atoms with Crippen LogP contribution in [0.25, 0.3) is 0 Å². The Morgan fingerprint density at radius 1 is 1.19 bits per heavy atom. The maximum absolute atomic E-state index is 14.6. The van der Waals surface area contributed by atoms with E-state index in [1.54, 1.807) is 11.1 Å². The summed E-state index contributed by atoms with van der Waals surface area (Å²) in [4.78, 5) is 17.8. The van der Waals surface area contributed by atoms with Gasteiger partial charge in [0.1, 0.15) is 5.82 Å². The van der Waals surface area contributed by atoms with Crippen LogP contribution in [0.1, 0.15) is 42.9 Å². The lowest BCUT2D eigenvalue weighted by Crippen LogP contribution is -2.52.